The molecule has 0 spiro atoms. The Morgan fingerprint density at radius 1 is 1.18 bits per heavy atom. The Hall–Kier alpha value is -0.960. The summed E-state index contributed by atoms with van der Waals surface area (Å²) in [6, 6.07) is 0.818. The maximum Gasteiger partial charge on any atom is 0.0782 e. The quantitative estimate of drug-likeness (QED) is 0.736. The Kier molecular flexibility index (Phi) is 6.12. The molecule has 96 valence electrons. The molecule has 0 aliphatic carbocycles. The van der Waals surface area contributed by atoms with Crippen molar-refractivity contribution < 1.29 is 0 Å². The van der Waals surface area contributed by atoms with Gasteiger partial charge in [-0.2, -0.15) is 0 Å². The fraction of sp³-hybridized carbons (Fsp3) is 0.714. The van der Waals surface area contributed by atoms with E-state index in [0.717, 1.165) is 11.4 Å². The number of nitrogens with one attached hydrogen (secondary N) is 1. The highest BCUT2D eigenvalue weighted by atomic mass is 15.0. The molecule has 3 heteroatoms. The molecule has 2 atom stereocenters. The van der Waals surface area contributed by atoms with Crippen LogP contribution in [0.2, 0.25) is 0 Å². The van der Waals surface area contributed by atoms with Crippen LogP contribution >= 0.6 is 0 Å². The number of rotatable bonds is 7. The first kappa shape index (κ1) is 14.1. The van der Waals surface area contributed by atoms with Crippen molar-refractivity contribution in [2.75, 3.05) is 0 Å². The maximum absolute atomic E-state index is 4.40. The third-order valence-electron chi connectivity index (χ3n) is 3.10. The predicted octanol–water partition coefficient (Wildman–Crippen LogP) is 3.40. The first-order valence-electron chi connectivity index (χ1n) is 6.68. The first-order valence-corrected chi connectivity index (χ1v) is 6.68. The fourth-order valence-corrected chi connectivity index (χ4v) is 2.13. The van der Waals surface area contributed by atoms with Gasteiger partial charge in [0.05, 0.1) is 11.4 Å². The number of aromatic nitrogens is 2. The van der Waals surface area contributed by atoms with Crippen LogP contribution in [0, 0.1) is 6.92 Å². The van der Waals surface area contributed by atoms with Crippen LogP contribution in [0.1, 0.15) is 63.9 Å². The van der Waals surface area contributed by atoms with Crippen LogP contribution in [0.25, 0.3) is 0 Å². The van der Waals surface area contributed by atoms with E-state index in [9.17, 15) is 0 Å². The standard InChI is InChI=1S/C14H25N3/c1-5-6-7-8-11(2)17-13(4)14-12(3)15-9-10-16-14/h9-11,13,17H,5-8H2,1-4H3. The van der Waals surface area contributed by atoms with Crippen LogP contribution in [0.4, 0.5) is 0 Å². The van der Waals surface area contributed by atoms with Gasteiger partial charge in [0, 0.05) is 24.5 Å². The van der Waals surface area contributed by atoms with E-state index in [1.165, 1.54) is 25.7 Å². The molecule has 3 nitrogen and oxygen atoms in total. The van der Waals surface area contributed by atoms with Crippen molar-refractivity contribution in [3.63, 3.8) is 0 Å². The third kappa shape index (κ3) is 4.82. The molecule has 1 aromatic rings. The van der Waals surface area contributed by atoms with Crippen molar-refractivity contribution >= 4 is 0 Å². The second-order valence-electron chi connectivity index (χ2n) is 4.81. The monoisotopic (exact) mass is 235 g/mol. The van der Waals surface area contributed by atoms with Crippen LogP contribution in [-0.2, 0) is 0 Å². The molecular weight excluding hydrogens is 210 g/mol. The van der Waals surface area contributed by atoms with Crippen LogP contribution in [0.15, 0.2) is 12.4 Å². The fourth-order valence-electron chi connectivity index (χ4n) is 2.13. The lowest BCUT2D eigenvalue weighted by Gasteiger charge is -2.20. The van der Waals surface area contributed by atoms with Gasteiger partial charge in [-0.05, 0) is 27.2 Å². The lowest BCUT2D eigenvalue weighted by atomic mass is 10.1. The van der Waals surface area contributed by atoms with Gasteiger partial charge in [0.25, 0.3) is 0 Å². The average molecular weight is 235 g/mol. The van der Waals surface area contributed by atoms with Crippen molar-refractivity contribution in [2.24, 2.45) is 0 Å². The van der Waals surface area contributed by atoms with E-state index in [4.69, 9.17) is 0 Å². The Bertz CT molecular complexity index is 325. The van der Waals surface area contributed by atoms with Crippen molar-refractivity contribution in [1.82, 2.24) is 15.3 Å². The van der Waals surface area contributed by atoms with Gasteiger partial charge in [-0.25, -0.2) is 0 Å². The van der Waals surface area contributed by atoms with Crippen LogP contribution in [-0.4, -0.2) is 16.0 Å². The number of aryl methyl sites for hydroxylation is 1. The van der Waals surface area contributed by atoms with Crippen LogP contribution < -0.4 is 5.32 Å². The molecule has 0 fully saturated rings. The molecular formula is C14H25N3. The molecule has 0 aliphatic heterocycles. The molecule has 17 heavy (non-hydrogen) atoms. The van der Waals surface area contributed by atoms with E-state index in [2.05, 4.69) is 36.1 Å². The van der Waals surface area contributed by atoms with Crippen molar-refractivity contribution in [3.8, 4) is 0 Å². The zero-order valence-corrected chi connectivity index (χ0v) is 11.5. The van der Waals surface area contributed by atoms with Crippen LogP contribution in [0.5, 0.6) is 0 Å². The normalized spacial score (nSPS) is 14.6. The highest BCUT2D eigenvalue weighted by molar-refractivity contribution is 5.12. The molecule has 0 saturated heterocycles. The summed E-state index contributed by atoms with van der Waals surface area (Å²) in [5.41, 5.74) is 2.09. The highest BCUT2D eigenvalue weighted by Crippen LogP contribution is 2.14. The van der Waals surface area contributed by atoms with Crippen LogP contribution in [0.3, 0.4) is 0 Å². The van der Waals surface area contributed by atoms with Gasteiger partial charge in [0.15, 0.2) is 0 Å². The molecule has 0 radical (unpaired) electrons. The number of hydrogen-bond donors (Lipinski definition) is 1. The van der Waals surface area contributed by atoms with E-state index >= 15 is 0 Å². The van der Waals surface area contributed by atoms with Gasteiger partial charge < -0.3 is 5.32 Å². The number of nitrogens with zero attached hydrogens (tertiary/aromatic N) is 2. The van der Waals surface area contributed by atoms with E-state index in [0.29, 0.717) is 6.04 Å². The summed E-state index contributed by atoms with van der Waals surface area (Å²) >= 11 is 0. The third-order valence-corrected chi connectivity index (χ3v) is 3.10. The summed E-state index contributed by atoms with van der Waals surface area (Å²) in [7, 11) is 0. The van der Waals surface area contributed by atoms with E-state index in [1.807, 2.05) is 6.92 Å². The summed E-state index contributed by atoms with van der Waals surface area (Å²) in [5.74, 6) is 0. The molecule has 1 N–H and O–H groups in total. The number of hydrogen-bond acceptors (Lipinski definition) is 3. The first-order chi connectivity index (χ1) is 8.15. The highest BCUT2D eigenvalue weighted by Gasteiger charge is 2.12. The zero-order valence-electron chi connectivity index (χ0n) is 11.5. The topological polar surface area (TPSA) is 37.8 Å². The van der Waals surface area contributed by atoms with Gasteiger partial charge in [-0.3, -0.25) is 9.97 Å². The van der Waals surface area contributed by atoms with Crippen molar-refractivity contribution in [1.29, 1.82) is 0 Å². The minimum Gasteiger partial charge on any atom is -0.306 e. The minimum atomic E-state index is 0.278. The van der Waals surface area contributed by atoms with E-state index in [-0.39, 0.29) is 6.04 Å². The molecule has 0 aromatic carbocycles. The summed E-state index contributed by atoms with van der Waals surface area (Å²) in [6.07, 6.45) is 8.66. The minimum absolute atomic E-state index is 0.278. The maximum atomic E-state index is 4.40. The van der Waals surface area contributed by atoms with Gasteiger partial charge in [0.1, 0.15) is 0 Å². The lowest BCUT2D eigenvalue weighted by Crippen LogP contribution is -2.30. The summed E-state index contributed by atoms with van der Waals surface area (Å²) in [4.78, 5) is 8.68. The predicted molar refractivity (Wildman–Crippen MR) is 71.9 cm³/mol. The molecule has 1 heterocycles. The van der Waals surface area contributed by atoms with Gasteiger partial charge in [-0.15, -0.1) is 0 Å². The molecule has 0 amide bonds. The second kappa shape index (κ2) is 7.38. The molecule has 0 aliphatic rings. The summed E-state index contributed by atoms with van der Waals surface area (Å²) < 4.78 is 0. The molecule has 0 bridgehead atoms. The lowest BCUT2D eigenvalue weighted by molar-refractivity contribution is 0.433. The second-order valence-corrected chi connectivity index (χ2v) is 4.81. The van der Waals surface area contributed by atoms with Gasteiger partial charge in [-0.1, -0.05) is 26.2 Å². The van der Waals surface area contributed by atoms with E-state index < -0.39 is 0 Å². The Morgan fingerprint density at radius 3 is 2.53 bits per heavy atom. The van der Waals surface area contributed by atoms with Gasteiger partial charge >= 0.3 is 0 Å². The largest absolute Gasteiger partial charge is 0.306 e. The van der Waals surface area contributed by atoms with E-state index in [1.54, 1.807) is 12.4 Å². The molecule has 1 rings (SSSR count). The van der Waals surface area contributed by atoms with Crippen molar-refractivity contribution in [3.05, 3.63) is 23.8 Å². The smallest absolute Gasteiger partial charge is 0.0782 e. The molecule has 1 aromatic heterocycles. The van der Waals surface area contributed by atoms with Gasteiger partial charge in [0.2, 0.25) is 0 Å². The molecule has 0 saturated carbocycles. The zero-order chi connectivity index (χ0) is 12.7. The number of unbranched alkanes of at least 4 members (excludes halogenated alkanes) is 2. The summed E-state index contributed by atoms with van der Waals surface area (Å²) in [6.45, 7) is 8.66. The van der Waals surface area contributed by atoms with Crippen molar-refractivity contribution in [2.45, 2.75) is 65.5 Å². The average Bonchev–Trinajstić information content (AvgIpc) is 2.29. The Labute approximate surface area is 105 Å². The molecule has 2 unspecified atom stereocenters. The SMILES string of the molecule is CCCCCC(C)NC(C)c1nccnc1C. The Balaban J connectivity index is 2.43. The Morgan fingerprint density at radius 2 is 1.88 bits per heavy atom. The summed E-state index contributed by atoms with van der Waals surface area (Å²) in [5, 5.41) is 3.59.